The Morgan fingerprint density at radius 3 is 2.17 bits per heavy atom. The summed E-state index contributed by atoms with van der Waals surface area (Å²) in [5, 5.41) is 9.83. The molecular formula is C23H21BrF3NO. The van der Waals surface area contributed by atoms with Crippen molar-refractivity contribution in [3.63, 3.8) is 0 Å². The second-order valence-corrected chi connectivity index (χ2v) is 6.95. The van der Waals surface area contributed by atoms with Crippen LogP contribution in [0.5, 0.6) is 5.75 Å². The van der Waals surface area contributed by atoms with Crippen LogP contribution < -0.4 is 5.73 Å². The van der Waals surface area contributed by atoms with Crippen LogP contribution in [0, 0.1) is 6.92 Å². The van der Waals surface area contributed by atoms with Crippen LogP contribution in [0.25, 0.3) is 5.57 Å². The molecule has 6 heteroatoms. The van der Waals surface area contributed by atoms with Crippen LogP contribution >= 0.6 is 15.9 Å². The molecule has 0 bridgehead atoms. The highest BCUT2D eigenvalue weighted by Crippen LogP contribution is 2.31. The van der Waals surface area contributed by atoms with Crippen molar-refractivity contribution < 1.29 is 18.3 Å². The number of hydrogen-bond acceptors (Lipinski definition) is 2. The Bertz CT molecular complexity index is 982. The van der Waals surface area contributed by atoms with E-state index in [-0.39, 0.29) is 5.75 Å². The van der Waals surface area contributed by atoms with Crippen LogP contribution in [0.4, 0.5) is 18.9 Å². The smallest absolute Gasteiger partial charge is 0.416 e. The van der Waals surface area contributed by atoms with Gasteiger partial charge in [0.1, 0.15) is 5.75 Å². The Labute approximate surface area is 176 Å². The minimum Gasteiger partial charge on any atom is -0.508 e. The molecule has 0 amide bonds. The van der Waals surface area contributed by atoms with Crippen LogP contribution in [0.1, 0.15) is 27.8 Å². The number of aryl methyl sites for hydroxylation is 1. The van der Waals surface area contributed by atoms with Crippen molar-refractivity contribution in [2.24, 2.45) is 0 Å². The highest BCUT2D eigenvalue weighted by atomic mass is 79.9. The van der Waals surface area contributed by atoms with Gasteiger partial charge in [-0.15, -0.1) is 0 Å². The van der Waals surface area contributed by atoms with Gasteiger partial charge in [-0.25, -0.2) is 0 Å². The highest BCUT2D eigenvalue weighted by Gasteiger charge is 2.30. The first-order valence-electron chi connectivity index (χ1n) is 8.69. The number of alkyl halides is 4. The lowest BCUT2D eigenvalue weighted by molar-refractivity contribution is -0.137. The van der Waals surface area contributed by atoms with Gasteiger partial charge >= 0.3 is 6.18 Å². The third kappa shape index (κ3) is 6.12. The number of phenolic OH excluding ortho intramolecular Hbond substituents is 1. The molecule has 0 unspecified atom stereocenters. The van der Waals surface area contributed by atoms with E-state index in [1.165, 1.54) is 18.2 Å². The van der Waals surface area contributed by atoms with Crippen LogP contribution in [0.15, 0.2) is 73.3 Å². The average Bonchev–Trinajstić information content (AvgIpc) is 2.68. The zero-order chi connectivity index (χ0) is 21.6. The van der Waals surface area contributed by atoms with E-state index in [9.17, 15) is 18.3 Å². The third-order valence-corrected chi connectivity index (χ3v) is 4.89. The molecule has 0 aliphatic heterocycles. The second-order valence-electron chi connectivity index (χ2n) is 6.39. The molecule has 0 spiro atoms. The SMILES string of the molecule is C=C(c1ccc(C(F)(F)F)cc1)c1ccccc1C.Nc1ccc(CBr)c(O)c1. The molecule has 0 saturated heterocycles. The number of rotatable bonds is 3. The van der Waals surface area contributed by atoms with Gasteiger partial charge in [0.2, 0.25) is 0 Å². The highest BCUT2D eigenvalue weighted by molar-refractivity contribution is 9.08. The van der Waals surface area contributed by atoms with Crippen molar-refractivity contribution >= 4 is 27.2 Å². The Morgan fingerprint density at radius 1 is 1.03 bits per heavy atom. The van der Waals surface area contributed by atoms with Crippen molar-refractivity contribution in [3.8, 4) is 5.75 Å². The zero-order valence-corrected chi connectivity index (χ0v) is 17.4. The molecule has 152 valence electrons. The minimum absolute atomic E-state index is 0.247. The summed E-state index contributed by atoms with van der Waals surface area (Å²) in [7, 11) is 0. The van der Waals surface area contributed by atoms with Crippen LogP contribution in [-0.4, -0.2) is 5.11 Å². The molecule has 0 atom stereocenters. The van der Waals surface area contributed by atoms with Crippen LogP contribution in [0.2, 0.25) is 0 Å². The van der Waals surface area contributed by atoms with E-state index < -0.39 is 11.7 Å². The molecule has 0 aliphatic rings. The maximum Gasteiger partial charge on any atom is 0.416 e. The summed E-state index contributed by atoms with van der Waals surface area (Å²) >= 11 is 3.23. The Kier molecular flexibility index (Phi) is 7.51. The molecule has 0 heterocycles. The number of halogens is 4. The quantitative estimate of drug-likeness (QED) is 0.326. The lowest BCUT2D eigenvalue weighted by Gasteiger charge is -2.11. The molecule has 0 radical (unpaired) electrons. The number of nitrogen functional groups attached to an aromatic ring is 1. The summed E-state index contributed by atoms with van der Waals surface area (Å²) in [5.74, 6) is 0.247. The number of nitrogens with two attached hydrogens (primary N) is 1. The van der Waals surface area contributed by atoms with E-state index in [1.807, 2.05) is 31.2 Å². The molecule has 3 rings (SSSR count). The van der Waals surface area contributed by atoms with E-state index >= 15 is 0 Å². The number of anilines is 1. The first-order chi connectivity index (χ1) is 13.6. The van der Waals surface area contributed by atoms with Crippen molar-refractivity contribution in [2.45, 2.75) is 18.4 Å². The number of aromatic hydroxyl groups is 1. The Morgan fingerprint density at radius 2 is 1.66 bits per heavy atom. The van der Waals surface area contributed by atoms with E-state index in [2.05, 4.69) is 22.5 Å². The summed E-state index contributed by atoms with van der Waals surface area (Å²) in [6, 6.07) is 17.8. The van der Waals surface area contributed by atoms with Gasteiger partial charge in [0.25, 0.3) is 0 Å². The van der Waals surface area contributed by atoms with Gasteiger partial charge in [0.15, 0.2) is 0 Å². The summed E-state index contributed by atoms with van der Waals surface area (Å²) in [5.41, 5.74) is 9.62. The number of hydrogen-bond donors (Lipinski definition) is 2. The fourth-order valence-corrected chi connectivity index (χ4v) is 3.10. The second kappa shape index (κ2) is 9.65. The predicted molar refractivity (Wildman–Crippen MR) is 116 cm³/mol. The first-order valence-corrected chi connectivity index (χ1v) is 9.81. The predicted octanol–water partition coefficient (Wildman–Crippen LogP) is 6.94. The molecule has 2 nitrogen and oxygen atoms in total. The van der Waals surface area contributed by atoms with Crippen molar-refractivity contribution in [1.29, 1.82) is 0 Å². The maximum absolute atomic E-state index is 12.5. The third-order valence-electron chi connectivity index (χ3n) is 4.28. The molecule has 3 aromatic rings. The topological polar surface area (TPSA) is 46.2 Å². The zero-order valence-electron chi connectivity index (χ0n) is 15.8. The van der Waals surface area contributed by atoms with Gasteiger partial charge < -0.3 is 10.8 Å². The largest absolute Gasteiger partial charge is 0.508 e. The standard InChI is InChI=1S/C16H13F3.C7H8BrNO/c1-11-5-3-4-6-15(11)12(2)13-7-9-14(10-8-13)16(17,18)19;8-4-5-1-2-6(9)3-7(5)10/h3-10H,2H2,1H3;1-3,10H,4,9H2. The summed E-state index contributed by atoms with van der Waals surface area (Å²) in [6.45, 7) is 5.92. The lowest BCUT2D eigenvalue weighted by atomic mass is 9.95. The maximum atomic E-state index is 12.5. The average molecular weight is 464 g/mol. The molecule has 0 fully saturated rings. The molecule has 3 N–H and O–H groups in total. The first kappa shape index (κ1) is 22.6. The monoisotopic (exact) mass is 463 g/mol. The van der Waals surface area contributed by atoms with Gasteiger partial charge in [-0.05, 0) is 47.4 Å². The normalized spacial score (nSPS) is 10.8. The number of benzene rings is 3. The van der Waals surface area contributed by atoms with Crippen LogP contribution in [0.3, 0.4) is 0 Å². The number of phenols is 1. The summed E-state index contributed by atoms with van der Waals surface area (Å²) in [4.78, 5) is 0. The molecule has 0 saturated carbocycles. The van der Waals surface area contributed by atoms with Crippen molar-refractivity contribution in [1.82, 2.24) is 0 Å². The van der Waals surface area contributed by atoms with Crippen molar-refractivity contribution in [2.75, 3.05) is 5.73 Å². The fourth-order valence-electron chi connectivity index (χ4n) is 2.62. The lowest BCUT2D eigenvalue weighted by Crippen LogP contribution is -2.04. The minimum atomic E-state index is -4.30. The summed E-state index contributed by atoms with van der Waals surface area (Å²) < 4.78 is 37.5. The van der Waals surface area contributed by atoms with E-state index in [1.54, 1.807) is 12.1 Å². The van der Waals surface area contributed by atoms with Gasteiger partial charge in [0.05, 0.1) is 5.56 Å². The van der Waals surface area contributed by atoms with Gasteiger partial charge in [-0.3, -0.25) is 0 Å². The molecular weight excluding hydrogens is 443 g/mol. The molecule has 29 heavy (non-hydrogen) atoms. The molecule has 0 aliphatic carbocycles. The van der Waals surface area contributed by atoms with Gasteiger partial charge in [0, 0.05) is 22.6 Å². The molecule has 0 aromatic heterocycles. The fraction of sp³-hybridized carbons (Fsp3) is 0.130. The Balaban J connectivity index is 0.000000253. The van der Waals surface area contributed by atoms with E-state index in [4.69, 9.17) is 5.73 Å². The molecule has 3 aromatic carbocycles. The van der Waals surface area contributed by atoms with Crippen molar-refractivity contribution in [3.05, 3.63) is 101 Å². The van der Waals surface area contributed by atoms with E-state index in [0.717, 1.165) is 34.4 Å². The van der Waals surface area contributed by atoms with E-state index in [0.29, 0.717) is 16.6 Å². The van der Waals surface area contributed by atoms with Crippen LogP contribution in [-0.2, 0) is 11.5 Å². The summed E-state index contributed by atoms with van der Waals surface area (Å²) in [6.07, 6.45) is -4.30. The van der Waals surface area contributed by atoms with Gasteiger partial charge in [-0.2, -0.15) is 13.2 Å². The Hall–Kier alpha value is -2.73. The van der Waals surface area contributed by atoms with Gasteiger partial charge in [-0.1, -0.05) is 65.0 Å².